The summed E-state index contributed by atoms with van der Waals surface area (Å²) in [6, 6.07) is 5.86. The molecular formula is C20H25NO4. The lowest BCUT2D eigenvalue weighted by atomic mass is 9.55. The minimum atomic E-state index is -0.969. The van der Waals surface area contributed by atoms with Crippen molar-refractivity contribution < 1.29 is 19.8 Å². The van der Waals surface area contributed by atoms with Gasteiger partial charge in [-0.15, -0.1) is 0 Å². The molecule has 1 aromatic rings. The SMILES string of the molecule is C[C@]12CC[C@@H]3c4ccc([17OH])cc4CC[C@H]3[C@@H]1CC=C2NOCC(=O)O. The van der Waals surface area contributed by atoms with E-state index in [1.54, 1.807) is 0 Å². The second-order valence-electron chi connectivity index (χ2n) is 7.89. The van der Waals surface area contributed by atoms with Crippen LogP contribution in [0.1, 0.15) is 49.7 Å². The van der Waals surface area contributed by atoms with E-state index >= 15 is 0 Å². The number of benzene rings is 1. The van der Waals surface area contributed by atoms with E-state index in [1.807, 2.05) is 12.1 Å². The van der Waals surface area contributed by atoms with Gasteiger partial charge < -0.3 is 10.2 Å². The molecule has 0 unspecified atom stereocenters. The number of hydroxylamine groups is 1. The third kappa shape index (κ3) is 2.71. The van der Waals surface area contributed by atoms with Gasteiger partial charge in [-0.3, -0.25) is 10.3 Å². The fourth-order valence-corrected chi connectivity index (χ4v) is 5.47. The highest BCUT2D eigenvalue weighted by Crippen LogP contribution is 2.60. The quantitative estimate of drug-likeness (QED) is 0.730. The predicted molar refractivity (Wildman–Crippen MR) is 92.9 cm³/mol. The third-order valence-corrected chi connectivity index (χ3v) is 6.67. The lowest BCUT2D eigenvalue weighted by Gasteiger charge is -2.50. The van der Waals surface area contributed by atoms with Crippen molar-refractivity contribution >= 4 is 5.97 Å². The zero-order chi connectivity index (χ0) is 17.6. The molecule has 3 aliphatic carbocycles. The summed E-state index contributed by atoms with van der Waals surface area (Å²) in [6.45, 7) is 1.96. The number of carboxylic acids is 1. The maximum atomic E-state index is 10.7. The Morgan fingerprint density at radius 3 is 3.08 bits per heavy atom. The van der Waals surface area contributed by atoms with E-state index in [4.69, 9.17) is 9.94 Å². The van der Waals surface area contributed by atoms with E-state index in [-0.39, 0.29) is 12.0 Å². The number of phenolic OH excluding ortho intramolecular Hbond substituents is 1. The maximum absolute atomic E-state index is 10.7. The highest BCUT2D eigenvalue weighted by atomic mass is 17.2. The molecular weight excluding hydrogens is 319 g/mol. The molecule has 0 amide bonds. The standard InChI is InChI=1S/C20H25NO4/c1-20-9-8-15-14-5-3-13(22)10-12(14)2-4-16(15)17(20)6-7-18(20)21-25-11-19(23)24/h3,5,7,10,15-17,21-22H,2,4,6,8-9,11H2,1H3,(H,23,24)/t15-,16-,17+,20+/m1/s1/i22+1. The van der Waals surface area contributed by atoms with Crippen LogP contribution in [0.3, 0.4) is 0 Å². The Labute approximate surface area is 147 Å². The number of hydrogen-bond acceptors (Lipinski definition) is 4. The van der Waals surface area contributed by atoms with Gasteiger partial charge in [-0.25, -0.2) is 4.79 Å². The van der Waals surface area contributed by atoms with Crippen LogP contribution in [0, 0.1) is 17.3 Å². The van der Waals surface area contributed by atoms with Crippen molar-refractivity contribution in [3.63, 3.8) is 0 Å². The Bertz CT molecular complexity index is 728. The van der Waals surface area contributed by atoms with Crippen molar-refractivity contribution in [1.29, 1.82) is 0 Å². The van der Waals surface area contributed by atoms with Gasteiger partial charge in [0, 0.05) is 11.1 Å². The summed E-state index contributed by atoms with van der Waals surface area (Å²) in [5.74, 6) is 1.15. The van der Waals surface area contributed by atoms with Crippen LogP contribution in [0.5, 0.6) is 5.75 Å². The van der Waals surface area contributed by atoms with Crippen LogP contribution in [0.25, 0.3) is 0 Å². The number of carboxylic acid groups (broad SMARTS) is 1. The van der Waals surface area contributed by atoms with E-state index in [0.29, 0.717) is 23.5 Å². The second-order valence-corrected chi connectivity index (χ2v) is 7.89. The molecule has 3 N–H and O–H groups in total. The summed E-state index contributed by atoms with van der Waals surface area (Å²) in [5, 5.41) is 18.5. The van der Waals surface area contributed by atoms with Gasteiger partial charge in [0.1, 0.15) is 5.75 Å². The van der Waals surface area contributed by atoms with Gasteiger partial charge in [0.05, 0.1) is 0 Å². The molecule has 0 aromatic heterocycles. The monoisotopic (exact) mass is 344 g/mol. The van der Waals surface area contributed by atoms with Gasteiger partial charge in [-0.1, -0.05) is 19.1 Å². The molecule has 1 aromatic carbocycles. The molecule has 4 rings (SSSR count). The first-order valence-corrected chi connectivity index (χ1v) is 9.11. The van der Waals surface area contributed by atoms with Crippen molar-refractivity contribution in [1.82, 2.24) is 5.48 Å². The Hall–Kier alpha value is -2.01. The van der Waals surface area contributed by atoms with Crippen LogP contribution in [-0.2, 0) is 16.1 Å². The van der Waals surface area contributed by atoms with E-state index in [2.05, 4.69) is 24.5 Å². The molecule has 1 saturated carbocycles. The molecule has 5 nitrogen and oxygen atoms in total. The predicted octanol–water partition coefficient (Wildman–Crippen LogP) is 3.35. The minimum absolute atomic E-state index is 0.0358. The number of phenols is 1. The zero-order valence-electron chi connectivity index (χ0n) is 14.5. The number of aryl methyl sites for hydroxylation is 1. The lowest BCUT2D eigenvalue weighted by molar-refractivity contribution is -0.144. The molecule has 0 radical (unpaired) electrons. The van der Waals surface area contributed by atoms with Gasteiger partial charge in [-0.2, -0.15) is 0 Å². The van der Waals surface area contributed by atoms with Crippen LogP contribution in [0.4, 0.5) is 0 Å². The highest BCUT2D eigenvalue weighted by Gasteiger charge is 2.52. The van der Waals surface area contributed by atoms with Crippen molar-refractivity contribution in [3.8, 4) is 5.75 Å². The van der Waals surface area contributed by atoms with Crippen molar-refractivity contribution in [2.45, 2.75) is 44.9 Å². The summed E-state index contributed by atoms with van der Waals surface area (Å²) < 4.78 is 0. The molecule has 134 valence electrons. The Balaban J connectivity index is 1.53. The van der Waals surface area contributed by atoms with Crippen molar-refractivity contribution in [2.24, 2.45) is 17.3 Å². The van der Waals surface area contributed by atoms with Crippen molar-refractivity contribution in [2.75, 3.05) is 6.61 Å². The smallest absolute Gasteiger partial charge is 0.332 e. The number of rotatable bonds is 4. The lowest BCUT2D eigenvalue weighted by Crippen LogP contribution is -2.43. The van der Waals surface area contributed by atoms with E-state index < -0.39 is 5.97 Å². The number of hydrogen-bond donors (Lipinski definition) is 3. The molecule has 0 aliphatic heterocycles. The summed E-state index contributed by atoms with van der Waals surface area (Å²) >= 11 is 0. The van der Waals surface area contributed by atoms with Crippen LogP contribution in [0.15, 0.2) is 30.0 Å². The molecule has 4 atom stereocenters. The van der Waals surface area contributed by atoms with Gasteiger partial charge in [0.2, 0.25) is 0 Å². The number of nitrogens with one attached hydrogen (secondary N) is 1. The number of aromatic hydroxyl groups is 1. The van der Waals surface area contributed by atoms with E-state index in [1.165, 1.54) is 11.1 Å². The minimum Gasteiger partial charge on any atom is -0.508 e. The first-order valence-electron chi connectivity index (χ1n) is 9.11. The van der Waals surface area contributed by atoms with Crippen LogP contribution >= 0.6 is 0 Å². The summed E-state index contributed by atoms with van der Waals surface area (Å²) in [5.41, 5.74) is 6.73. The summed E-state index contributed by atoms with van der Waals surface area (Å²) in [7, 11) is 0. The second kappa shape index (κ2) is 6.06. The Morgan fingerprint density at radius 2 is 2.28 bits per heavy atom. The van der Waals surface area contributed by atoms with Gasteiger partial charge in [0.25, 0.3) is 0 Å². The maximum Gasteiger partial charge on any atom is 0.332 e. The van der Waals surface area contributed by atoms with Gasteiger partial charge >= 0.3 is 5.97 Å². The number of fused-ring (bicyclic) bond motifs is 5. The first kappa shape index (κ1) is 16.5. The molecule has 0 spiro atoms. The molecule has 0 saturated heterocycles. The normalized spacial score (nSPS) is 33.0. The summed E-state index contributed by atoms with van der Waals surface area (Å²) in [4.78, 5) is 15.8. The van der Waals surface area contributed by atoms with E-state index in [0.717, 1.165) is 37.8 Å². The molecule has 3 aliphatic rings. The molecule has 5 heteroatoms. The Kier molecular flexibility index (Phi) is 3.99. The molecule has 0 bridgehead atoms. The van der Waals surface area contributed by atoms with Crippen LogP contribution in [-0.4, -0.2) is 22.8 Å². The van der Waals surface area contributed by atoms with Crippen LogP contribution < -0.4 is 5.48 Å². The van der Waals surface area contributed by atoms with E-state index in [9.17, 15) is 9.90 Å². The van der Waals surface area contributed by atoms with Crippen LogP contribution in [0.2, 0.25) is 0 Å². The third-order valence-electron chi connectivity index (χ3n) is 6.67. The van der Waals surface area contributed by atoms with Crippen molar-refractivity contribution in [3.05, 3.63) is 41.1 Å². The highest BCUT2D eigenvalue weighted by molar-refractivity contribution is 5.67. The zero-order valence-corrected chi connectivity index (χ0v) is 14.5. The Morgan fingerprint density at radius 1 is 1.44 bits per heavy atom. The topological polar surface area (TPSA) is 78.8 Å². The fraction of sp³-hybridized carbons (Fsp3) is 0.550. The number of carbonyl (C=O) groups is 1. The number of aliphatic carboxylic acids is 1. The molecule has 0 heterocycles. The van der Waals surface area contributed by atoms with Gasteiger partial charge in [-0.05, 0) is 73.1 Å². The molecule has 25 heavy (non-hydrogen) atoms. The largest absolute Gasteiger partial charge is 0.508 e. The average Bonchev–Trinajstić information content (AvgIpc) is 2.91. The van der Waals surface area contributed by atoms with Gasteiger partial charge in [0.15, 0.2) is 6.61 Å². The summed E-state index contributed by atoms with van der Waals surface area (Å²) in [6.07, 6.45) is 7.57. The molecule has 1 fully saturated rings. The average molecular weight is 344 g/mol. The number of allylic oxidation sites excluding steroid dienone is 2. The first-order chi connectivity index (χ1) is 12.0. The fourth-order valence-electron chi connectivity index (χ4n) is 5.47.